The normalized spacial score (nSPS) is 16.9. The predicted octanol–water partition coefficient (Wildman–Crippen LogP) is 3.51. The summed E-state index contributed by atoms with van der Waals surface area (Å²) in [7, 11) is 0. The minimum absolute atomic E-state index is 0.344. The molecule has 1 aliphatic carbocycles. The lowest BCUT2D eigenvalue weighted by atomic mass is 9.86. The lowest BCUT2D eigenvalue weighted by molar-refractivity contribution is -0.155. The summed E-state index contributed by atoms with van der Waals surface area (Å²) in [5.41, 5.74) is 5.97. The van der Waals surface area contributed by atoms with Crippen molar-refractivity contribution in [3.05, 3.63) is 35.9 Å². The van der Waals surface area contributed by atoms with Crippen LogP contribution in [-0.4, -0.2) is 11.9 Å². The van der Waals surface area contributed by atoms with Gasteiger partial charge in [0.15, 0.2) is 0 Å². The molecule has 22 heavy (non-hydrogen) atoms. The van der Waals surface area contributed by atoms with Crippen LogP contribution < -0.4 is 5.73 Å². The third kappa shape index (κ3) is 5.17. The Hall–Kier alpha value is -1.84. The smallest absolute Gasteiger partial charge is 0.306 e. The topological polar surface area (TPSA) is 69.4 Å². The van der Waals surface area contributed by atoms with Crippen molar-refractivity contribution in [2.75, 3.05) is 0 Å². The van der Waals surface area contributed by atoms with Crippen molar-refractivity contribution in [2.24, 2.45) is 11.7 Å². The van der Waals surface area contributed by atoms with Crippen molar-refractivity contribution in [3.63, 3.8) is 0 Å². The minimum atomic E-state index is -0.983. The Kier molecular flexibility index (Phi) is 6.44. The molecule has 1 amide bonds. The van der Waals surface area contributed by atoms with Crippen molar-refractivity contribution in [2.45, 2.75) is 57.5 Å². The maximum Gasteiger partial charge on any atom is 0.306 e. The highest BCUT2D eigenvalue weighted by Gasteiger charge is 2.22. The van der Waals surface area contributed by atoms with Crippen molar-refractivity contribution in [1.82, 2.24) is 0 Å². The number of esters is 1. The number of carbonyl (C=O) groups is 2. The van der Waals surface area contributed by atoms with Gasteiger partial charge >= 0.3 is 5.97 Å². The molecule has 120 valence electrons. The third-order valence-corrected chi connectivity index (χ3v) is 4.33. The molecule has 1 saturated carbocycles. The van der Waals surface area contributed by atoms with E-state index in [0.29, 0.717) is 12.0 Å². The molecule has 4 nitrogen and oxygen atoms in total. The van der Waals surface area contributed by atoms with Crippen molar-refractivity contribution < 1.29 is 14.3 Å². The number of hydrogen-bond acceptors (Lipinski definition) is 3. The molecule has 2 N–H and O–H groups in total. The molecule has 0 bridgehead atoms. The molecule has 1 aromatic carbocycles. The number of amides is 1. The van der Waals surface area contributed by atoms with E-state index in [9.17, 15) is 9.59 Å². The molecule has 2 rings (SSSR count). The van der Waals surface area contributed by atoms with E-state index in [1.807, 2.05) is 6.07 Å². The van der Waals surface area contributed by atoms with Gasteiger partial charge in [0, 0.05) is 12.0 Å². The molecule has 0 saturated heterocycles. The maximum atomic E-state index is 11.9. The summed E-state index contributed by atoms with van der Waals surface area (Å²) in [6, 6.07) is 8.91. The van der Waals surface area contributed by atoms with Gasteiger partial charge in [0.2, 0.25) is 6.10 Å². The van der Waals surface area contributed by atoms with Crippen molar-refractivity contribution in [3.8, 4) is 0 Å². The highest BCUT2D eigenvalue weighted by atomic mass is 16.5. The van der Waals surface area contributed by atoms with Gasteiger partial charge in [-0.15, -0.1) is 0 Å². The Morgan fingerprint density at radius 1 is 1.14 bits per heavy atom. The van der Waals surface area contributed by atoms with Crippen LogP contribution in [0.5, 0.6) is 0 Å². The quantitative estimate of drug-likeness (QED) is 0.784. The first-order valence-electron chi connectivity index (χ1n) is 8.20. The monoisotopic (exact) mass is 303 g/mol. The van der Waals surface area contributed by atoms with E-state index in [2.05, 4.69) is 0 Å². The van der Waals surface area contributed by atoms with Crippen LogP contribution in [0.2, 0.25) is 0 Å². The van der Waals surface area contributed by atoms with Crippen LogP contribution in [0.25, 0.3) is 0 Å². The number of benzene rings is 1. The third-order valence-electron chi connectivity index (χ3n) is 4.33. The second kappa shape index (κ2) is 8.57. The highest BCUT2D eigenvalue weighted by molar-refractivity contribution is 5.83. The van der Waals surface area contributed by atoms with Crippen LogP contribution in [0.3, 0.4) is 0 Å². The van der Waals surface area contributed by atoms with Gasteiger partial charge in [0.1, 0.15) is 0 Å². The second-order valence-electron chi connectivity index (χ2n) is 6.08. The fourth-order valence-corrected chi connectivity index (χ4v) is 3.12. The Morgan fingerprint density at radius 2 is 1.82 bits per heavy atom. The van der Waals surface area contributed by atoms with Gasteiger partial charge in [-0.25, -0.2) is 0 Å². The number of hydrogen-bond donors (Lipinski definition) is 1. The van der Waals surface area contributed by atoms with E-state index in [0.717, 1.165) is 18.8 Å². The van der Waals surface area contributed by atoms with E-state index in [1.165, 1.54) is 32.1 Å². The van der Waals surface area contributed by atoms with Gasteiger partial charge in [0.25, 0.3) is 5.91 Å². The standard InChI is InChI=1S/C18H25NO3/c19-18(21)17(15-11-5-2-6-12-15)22-16(20)13-7-10-14-8-3-1-4-9-14/h2,5-6,11-12,14,17H,1,3-4,7-10,13H2,(H2,19,21). The van der Waals surface area contributed by atoms with Crippen LogP contribution in [0.1, 0.15) is 63.0 Å². The summed E-state index contributed by atoms with van der Waals surface area (Å²) in [5, 5.41) is 0. The Labute approximate surface area is 132 Å². The van der Waals surface area contributed by atoms with Crippen LogP contribution in [-0.2, 0) is 14.3 Å². The van der Waals surface area contributed by atoms with Crippen LogP contribution in [0.15, 0.2) is 30.3 Å². The zero-order valence-electron chi connectivity index (χ0n) is 13.0. The molecular weight excluding hydrogens is 278 g/mol. The van der Waals surface area contributed by atoms with Gasteiger partial charge < -0.3 is 10.5 Å². The van der Waals surface area contributed by atoms with Crippen LogP contribution in [0, 0.1) is 5.92 Å². The zero-order valence-corrected chi connectivity index (χ0v) is 13.0. The fraction of sp³-hybridized carbons (Fsp3) is 0.556. The number of carbonyl (C=O) groups excluding carboxylic acids is 2. The molecule has 0 aromatic heterocycles. The molecule has 1 aliphatic rings. The molecule has 0 heterocycles. The molecule has 1 atom stereocenters. The minimum Gasteiger partial charge on any atom is -0.447 e. The summed E-state index contributed by atoms with van der Waals surface area (Å²) in [4.78, 5) is 23.4. The molecular formula is C18H25NO3. The van der Waals surface area contributed by atoms with E-state index in [-0.39, 0.29) is 5.97 Å². The lowest BCUT2D eigenvalue weighted by Gasteiger charge is -2.21. The molecule has 1 unspecified atom stereocenters. The molecule has 0 radical (unpaired) electrons. The summed E-state index contributed by atoms with van der Waals surface area (Å²) < 4.78 is 5.27. The Morgan fingerprint density at radius 3 is 2.45 bits per heavy atom. The van der Waals surface area contributed by atoms with E-state index in [1.54, 1.807) is 24.3 Å². The number of ether oxygens (including phenoxy) is 1. The second-order valence-corrected chi connectivity index (χ2v) is 6.08. The highest BCUT2D eigenvalue weighted by Crippen LogP contribution is 2.28. The summed E-state index contributed by atoms with van der Waals surface area (Å²) in [6.45, 7) is 0. The first kappa shape index (κ1) is 16.5. The summed E-state index contributed by atoms with van der Waals surface area (Å²) in [6.07, 6.45) is 7.79. The Balaban J connectivity index is 1.77. The van der Waals surface area contributed by atoms with Gasteiger partial charge in [0.05, 0.1) is 0 Å². The van der Waals surface area contributed by atoms with Gasteiger partial charge in [-0.1, -0.05) is 62.4 Å². The fourth-order valence-electron chi connectivity index (χ4n) is 3.12. The maximum absolute atomic E-state index is 11.9. The van der Waals surface area contributed by atoms with Crippen LogP contribution >= 0.6 is 0 Å². The zero-order chi connectivity index (χ0) is 15.8. The summed E-state index contributed by atoms with van der Waals surface area (Å²) in [5.74, 6) is -0.224. The molecule has 0 spiro atoms. The largest absolute Gasteiger partial charge is 0.447 e. The van der Waals surface area contributed by atoms with Gasteiger partial charge in [-0.05, 0) is 18.8 Å². The lowest BCUT2D eigenvalue weighted by Crippen LogP contribution is -2.26. The van der Waals surface area contributed by atoms with Crippen molar-refractivity contribution >= 4 is 11.9 Å². The van der Waals surface area contributed by atoms with E-state index in [4.69, 9.17) is 10.5 Å². The first-order valence-corrected chi connectivity index (χ1v) is 8.20. The van der Waals surface area contributed by atoms with Gasteiger partial charge in [-0.2, -0.15) is 0 Å². The first-order chi connectivity index (χ1) is 10.7. The molecule has 1 aromatic rings. The molecule has 1 fully saturated rings. The Bertz CT molecular complexity index is 480. The number of primary amides is 1. The predicted molar refractivity (Wildman–Crippen MR) is 84.9 cm³/mol. The SMILES string of the molecule is NC(=O)C(OC(=O)CCCC1CCCCC1)c1ccccc1. The number of rotatable bonds is 7. The molecule has 0 aliphatic heterocycles. The van der Waals surface area contributed by atoms with Gasteiger partial charge in [-0.3, -0.25) is 9.59 Å². The summed E-state index contributed by atoms with van der Waals surface area (Å²) >= 11 is 0. The van der Waals surface area contributed by atoms with E-state index >= 15 is 0 Å². The average molecular weight is 303 g/mol. The number of nitrogens with two attached hydrogens (primary N) is 1. The average Bonchev–Trinajstić information content (AvgIpc) is 2.54. The van der Waals surface area contributed by atoms with Crippen molar-refractivity contribution in [1.29, 1.82) is 0 Å². The van der Waals surface area contributed by atoms with Crippen LogP contribution in [0.4, 0.5) is 0 Å². The molecule has 4 heteroatoms. The van der Waals surface area contributed by atoms with E-state index < -0.39 is 12.0 Å².